The fraction of sp³-hybridized carbons (Fsp3) is 0.733. The first-order valence-corrected chi connectivity index (χ1v) is 9.08. The smallest absolute Gasteiger partial charge is 0.247 e. The van der Waals surface area contributed by atoms with Gasteiger partial charge in [0.1, 0.15) is 11.0 Å². The van der Waals surface area contributed by atoms with Gasteiger partial charge in [-0.3, -0.25) is 9.59 Å². The van der Waals surface area contributed by atoms with Crippen LogP contribution in [0.25, 0.3) is 0 Å². The van der Waals surface area contributed by atoms with E-state index in [1.54, 1.807) is 4.90 Å². The van der Waals surface area contributed by atoms with E-state index in [0.29, 0.717) is 18.0 Å². The van der Waals surface area contributed by atoms with E-state index in [1.807, 2.05) is 0 Å². The summed E-state index contributed by atoms with van der Waals surface area (Å²) in [6, 6.07) is -0.909. The molecule has 8 heteroatoms. The van der Waals surface area contributed by atoms with Crippen molar-refractivity contribution in [3.63, 3.8) is 0 Å². The number of aromatic nitrogens is 2. The third kappa shape index (κ3) is 3.69. The topological polar surface area (TPSA) is 101 Å². The lowest BCUT2D eigenvalue weighted by atomic mass is 9.83. The molecule has 2 unspecified atom stereocenters. The molecule has 1 aromatic rings. The van der Waals surface area contributed by atoms with E-state index in [1.165, 1.54) is 12.6 Å². The molecule has 0 radical (unpaired) electrons. The summed E-state index contributed by atoms with van der Waals surface area (Å²) in [6.45, 7) is 0.609. The van der Waals surface area contributed by atoms with Crippen LogP contribution in [0.5, 0.6) is 0 Å². The molecule has 2 heterocycles. The highest BCUT2D eigenvalue weighted by Gasteiger charge is 2.38. The first-order valence-electron chi connectivity index (χ1n) is 8.31. The van der Waals surface area contributed by atoms with Crippen molar-refractivity contribution in [3.05, 3.63) is 6.20 Å². The molecular weight excluding hydrogens is 314 g/mol. The largest absolute Gasteiger partial charge is 0.329 e. The van der Waals surface area contributed by atoms with E-state index in [0.717, 1.165) is 43.6 Å². The molecule has 2 amide bonds. The lowest BCUT2D eigenvalue weighted by Crippen LogP contribution is -2.52. The zero-order valence-electron chi connectivity index (χ0n) is 13.1. The molecule has 0 aromatic carbocycles. The number of nitrogens with one attached hydrogen (secondary N) is 1. The van der Waals surface area contributed by atoms with Crippen molar-refractivity contribution in [1.29, 1.82) is 0 Å². The van der Waals surface area contributed by atoms with Crippen molar-refractivity contribution >= 4 is 28.3 Å². The summed E-state index contributed by atoms with van der Waals surface area (Å²) in [4.78, 5) is 26.9. The van der Waals surface area contributed by atoms with Crippen LogP contribution in [0.4, 0.5) is 5.00 Å². The van der Waals surface area contributed by atoms with Gasteiger partial charge in [0.15, 0.2) is 0 Å². The van der Waals surface area contributed by atoms with Crippen molar-refractivity contribution in [1.82, 2.24) is 14.5 Å². The Labute approximate surface area is 139 Å². The highest BCUT2D eigenvalue weighted by Crippen LogP contribution is 2.28. The molecule has 1 aromatic heterocycles. The number of nitrogens with two attached hydrogens (primary N) is 1. The summed E-state index contributed by atoms with van der Waals surface area (Å²) in [5.41, 5.74) is 6.23. The molecule has 3 N–H and O–H groups in total. The Morgan fingerprint density at radius 3 is 2.74 bits per heavy atom. The normalized spacial score (nSPS) is 23.7. The van der Waals surface area contributed by atoms with Crippen molar-refractivity contribution in [2.24, 2.45) is 11.7 Å². The average molecular weight is 337 g/mol. The van der Waals surface area contributed by atoms with Gasteiger partial charge < -0.3 is 16.0 Å². The van der Waals surface area contributed by atoms with Crippen LogP contribution in [0.1, 0.15) is 44.9 Å². The van der Waals surface area contributed by atoms with Gasteiger partial charge in [0.05, 0.1) is 12.2 Å². The molecule has 2 atom stereocenters. The Hall–Kier alpha value is -1.54. The molecule has 1 aliphatic heterocycles. The van der Waals surface area contributed by atoms with Gasteiger partial charge >= 0.3 is 0 Å². The molecular formula is C15H23N5O2S. The predicted molar refractivity (Wildman–Crippen MR) is 87.8 cm³/mol. The lowest BCUT2D eigenvalue weighted by molar-refractivity contribution is -0.139. The Morgan fingerprint density at radius 1 is 1.26 bits per heavy atom. The van der Waals surface area contributed by atoms with E-state index in [-0.39, 0.29) is 17.7 Å². The number of likely N-dealkylation sites (tertiary alicyclic amines) is 1. The molecule has 1 saturated heterocycles. The van der Waals surface area contributed by atoms with Crippen molar-refractivity contribution in [2.45, 2.75) is 57.0 Å². The van der Waals surface area contributed by atoms with E-state index in [4.69, 9.17) is 5.73 Å². The second-order valence-corrected chi connectivity index (χ2v) is 7.17. The molecule has 2 aliphatic rings. The van der Waals surface area contributed by atoms with Gasteiger partial charge in [-0.1, -0.05) is 23.8 Å². The monoisotopic (exact) mass is 337 g/mol. The zero-order chi connectivity index (χ0) is 16.2. The maximum atomic E-state index is 12.8. The van der Waals surface area contributed by atoms with Gasteiger partial charge in [-0.25, -0.2) is 0 Å². The maximum Gasteiger partial charge on any atom is 0.247 e. The van der Waals surface area contributed by atoms with Gasteiger partial charge in [0.25, 0.3) is 0 Å². The molecule has 1 aliphatic carbocycles. The Balaban J connectivity index is 1.63. The van der Waals surface area contributed by atoms with E-state index < -0.39 is 12.1 Å². The van der Waals surface area contributed by atoms with Crippen molar-refractivity contribution in [2.75, 3.05) is 11.9 Å². The fourth-order valence-electron chi connectivity index (χ4n) is 3.62. The number of anilines is 1. The minimum atomic E-state index is -0.478. The highest BCUT2D eigenvalue weighted by molar-refractivity contribution is 7.10. The number of hydrogen-bond donors (Lipinski definition) is 2. The van der Waals surface area contributed by atoms with Gasteiger partial charge in [-0.15, -0.1) is 5.10 Å². The number of hydrogen-bond acceptors (Lipinski definition) is 6. The number of nitrogens with zero attached hydrogens (tertiary/aromatic N) is 3. The summed E-state index contributed by atoms with van der Waals surface area (Å²) in [5.74, 6) is 0.0148. The van der Waals surface area contributed by atoms with Crippen LogP contribution in [-0.4, -0.2) is 44.9 Å². The Morgan fingerprint density at radius 2 is 2.04 bits per heavy atom. The van der Waals surface area contributed by atoms with Crippen LogP contribution in [0.2, 0.25) is 0 Å². The van der Waals surface area contributed by atoms with Crippen molar-refractivity contribution < 1.29 is 9.59 Å². The maximum absolute atomic E-state index is 12.8. The van der Waals surface area contributed by atoms with Gasteiger partial charge in [-0.2, -0.15) is 0 Å². The molecule has 0 spiro atoms. The first kappa shape index (κ1) is 16.3. The van der Waals surface area contributed by atoms with Crippen LogP contribution < -0.4 is 11.1 Å². The summed E-state index contributed by atoms with van der Waals surface area (Å²) >= 11 is 1.13. The summed E-state index contributed by atoms with van der Waals surface area (Å²) in [5, 5.41) is 7.09. The molecule has 126 valence electrons. The second kappa shape index (κ2) is 7.35. The summed E-state index contributed by atoms with van der Waals surface area (Å²) in [6.07, 6.45) is 8.59. The molecule has 2 fully saturated rings. The van der Waals surface area contributed by atoms with Crippen LogP contribution in [0, 0.1) is 5.92 Å². The van der Waals surface area contributed by atoms with Gasteiger partial charge in [0, 0.05) is 18.1 Å². The SMILES string of the molecule is NC(C(=O)N1CCCC1C(=O)Nc1cnns1)C1CCCCC1. The zero-order valence-corrected chi connectivity index (χ0v) is 13.9. The predicted octanol–water partition coefficient (Wildman–Crippen LogP) is 1.38. The van der Waals surface area contributed by atoms with Crippen LogP contribution >= 0.6 is 11.5 Å². The molecule has 0 bridgehead atoms. The number of rotatable bonds is 4. The second-order valence-electron chi connectivity index (χ2n) is 6.38. The van der Waals surface area contributed by atoms with E-state index >= 15 is 0 Å². The first-order chi connectivity index (χ1) is 11.2. The fourth-order valence-corrected chi connectivity index (χ4v) is 4.04. The van der Waals surface area contributed by atoms with Crippen LogP contribution in [0.3, 0.4) is 0 Å². The number of carbonyl (C=O) groups excluding carboxylic acids is 2. The summed E-state index contributed by atoms with van der Waals surface area (Å²) < 4.78 is 3.72. The highest BCUT2D eigenvalue weighted by atomic mass is 32.1. The lowest BCUT2D eigenvalue weighted by Gasteiger charge is -2.32. The van der Waals surface area contributed by atoms with E-state index in [9.17, 15) is 9.59 Å². The van der Waals surface area contributed by atoms with Gasteiger partial charge in [0.2, 0.25) is 11.8 Å². The standard InChI is InChI=1S/C15H23N5O2S/c16-13(10-5-2-1-3-6-10)15(22)20-8-4-7-11(20)14(21)18-12-9-17-19-23-12/h9-11,13H,1-8,16H2,(H,18,21). The van der Waals surface area contributed by atoms with E-state index in [2.05, 4.69) is 14.9 Å². The quantitative estimate of drug-likeness (QED) is 0.864. The van der Waals surface area contributed by atoms with Crippen molar-refractivity contribution in [3.8, 4) is 0 Å². The Bertz CT molecular complexity index is 544. The van der Waals surface area contributed by atoms with Crippen LogP contribution in [-0.2, 0) is 9.59 Å². The average Bonchev–Trinajstić information content (AvgIpc) is 3.25. The minimum Gasteiger partial charge on any atom is -0.329 e. The third-order valence-electron chi connectivity index (χ3n) is 4.89. The molecule has 23 heavy (non-hydrogen) atoms. The number of carbonyl (C=O) groups is 2. The van der Waals surface area contributed by atoms with Crippen LogP contribution in [0.15, 0.2) is 6.20 Å². The Kier molecular flexibility index (Phi) is 5.22. The third-order valence-corrected chi connectivity index (χ3v) is 5.47. The number of amides is 2. The molecule has 1 saturated carbocycles. The molecule has 3 rings (SSSR count). The van der Waals surface area contributed by atoms with Gasteiger partial charge in [-0.05, 0) is 31.6 Å². The summed E-state index contributed by atoms with van der Waals surface area (Å²) in [7, 11) is 0. The minimum absolute atomic E-state index is 0.0722. The molecule has 7 nitrogen and oxygen atoms in total.